The highest BCUT2D eigenvalue weighted by Gasteiger charge is 2.29. The average molecular weight is 1670 g/mol. The fourth-order valence-electron chi connectivity index (χ4n) is 20.2. The van der Waals surface area contributed by atoms with Crippen LogP contribution in [0.25, 0.3) is 64.6 Å². The first kappa shape index (κ1) is 85.0. The number of thiophene rings is 2. The summed E-state index contributed by atoms with van der Waals surface area (Å²) in [6, 6.07) is 65.2. The van der Waals surface area contributed by atoms with Gasteiger partial charge in [0.2, 0.25) is 0 Å². The van der Waals surface area contributed by atoms with Gasteiger partial charge in [-0.1, -0.05) is 101 Å². The number of hydrogen-bond acceptors (Lipinski definition) is 10. The third-order valence-electron chi connectivity index (χ3n) is 26.9. The molecule has 13 nitrogen and oxygen atoms in total. The molecule has 21 rings (SSSR count). The summed E-state index contributed by atoms with van der Waals surface area (Å²) < 4.78 is 14.3. The molecule has 0 aliphatic carbocycles. The Morgan fingerprint density at radius 1 is 0.341 bits per heavy atom. The van der Waals surface area contributed by atoms with Crippen LogP contribution in [0.1, 0.15) is 128 Å². The summed E-state index contributed by atoms with van der Waals surface area (Å²) in [5.74, 6) is 0. The number of aromatic nitrogens is 7. The lowest BCUT2D eigenvalue weighted by atomic mass is 10.0. The van der Waals surface area contributed by atoms with E-state index in [1.54, 1.807) is 33.8 Å². The van der Waals surface area contributed by atoms with Crippen molar-refractivity contribution in [1.82, 2.24) is 57.3 Å². The molecule has 0 unspecified atom stereocenters. The molecular formula is C108H127N13S2. The summed E-state index contributed by atoms with van der Waals surface area (Å²) in [5.41, 5.74) is 39.5. The summed E-state index contributed by atoms with van der Waals surface area (Å²) >= 11 is 3.77. The van der Waals surface area contributed by atoms with Crippen molar-refractivity contribution >= 4 is 93.0 Å². The van der Waals surface area contributed by atoms with E-state index < -0.39 is 0 Å². The Morgan fingerprint density at radius 3 is 1.13 bits per heavy atom. The topological polar surface area (TPSA) is 69.9 Å². The number of anilines is 1. The Bertz CT molecular complexity index is 6460. The van der Waals surface area contributed by atoms with Crippen LogP contribution in [0.3, 0.4) is 0 Å². The van der Waals surface area contributed by atoms with Gasteiger partial charge in [0.05, 0.1) is 0 Å². The highest BCUT2D eigenvalue weighted by Crippen LogP contribution is 2.39. The predicted molar refractivity (Wildman–Crippen MR) is 522 cm³/mol. The van der Waals surface area contributed by atoms with Gasteiger partial charge in [0.1, 0.15) is 0 Å². The third-order valence-corrected chi connectivity index (χ3v) is 28.9. The molecule has 15 heteroatoms. The third kappa shape index (κ3) is 18.7. The summed E-state index contributed by atoms with van der Waals surface area (Å²) in [5, 5.41) is 13.2. The Labute approximate surface area is 738 Å². The van der Waals surface area contributed by atoms with Gasteiger partial charge in [-0.3, -0.25) is 9.97 Å². The van der Waals surface area contributed by atoms with Crippen molar-refractivity contribution in [1.29, 1.82) is 0 Å². The Morgan fingerprint density at radius 2 is 0.732 bits per heavy atom. The molecule has 14 heterocycles. The van der Waals surface area contributed by atoms with Crippen LogP contribution < -0.4 is 4.90 Å². The number of likely N-dealkylation sites (N-methyl/N-ethyl adjacent to an activating group) is 5. The molecule has 0 radical (unpaired) electrons. The van der Waals surface area contributed by atoms with Crippen molar-refractivity contribution in [3.63, 3.8) is 0 Å². The molecule has 0 amide bonds. The largest absolute Gasteiger partial charge is 0.378 e. The van der Waals surface area contributed by atoms with Crippen LogP contribution in [0.15, 0.2) is 193 Å². The maximum absolute atomic E-state index is 4.67. The molecule has 7 aromatic carbocycles. The van der Waals surface area contributed by atoms with Crippen molar-refractivity contribution in [2.24, 2.45) is 0 Å². The van der Waals surface area contributed by atoms with E-state index in [9.17, 15) is 0 Å². The van der Waals surface area contributed by atoms with E-state index in [0.717, 1.165) is 155 Å². The van der Waals surface area contributed by atoms with Gasteiger partial charge in [-0.05, 0) is 279 Å². The van der Waals surface area contributed by atoms with Crippen LogP contribution in [0.5, 0.6) is 0 Å². The minimum atomic E-state index is 0.986. The lowest BCUT2D eigenvalue weighted by Gasteiger charge is -2.24. The van der Waals surface area contributed by atoms with Gasteiger partial charge in [-0.25, -0.2) is 0 Å². The maximum atomic E-state index is 4.67. The van der Waals surface area contributed by atoms with E-state index in [-0.39, 0.29) is 0 Å². The van der Waals surface area contributed by atoms with E-state index in [2.05, 4.69) is 354 Å². The van der Waals surface area contributed by atoms with Crippen LogP contribution in [-0.2, 0) is 130 Å². The number of aryl methyl sites for hydroxylation is 18. The highest BCUT2D eigenvalue weighted by molar-refractivity contribution is 7.17. The van der Waals surface area contributed by atoms with Gasteiger partial charge in [0, 0.05) is 279 Å². The molecule has 0 atom stereocenters. The van der Waals surface area contributed by atoms with Gasteiger partial charge >= 0.3 is 0 Å². The zero-order valence-corrected chi connectivity index (χ0v) is 77.4. The fraction of sp³-hybridized carbons (Fsp3) is 0.370. The zero-order valence-electron chi connectivity index (χ0n) is 75.8. The standard InChI is InChI=1S/C23H29N3.C23H24N2S.2C21H25N3.C20H24N2S/c1-17-8-9-22-20(14-17)21-16-25(4)12-11-23(21)26(22)13-10-18-6-5-7-19(15-18)24(2)3;1-16-7-8-21-19(13-16)20-14-24(2)11-10-22(20)25(21)12-9-17-15-26-23-6-4-3-5-18(17)23;1-15-5-7-20-18(12-15)19-14-23(3)10-9-21(19)24(20)11-8-17-6-4-16(2)13-22-17;1-15-7-8-20-18(13-15)19-14-23(3)11-10-21(19)24(20)12-9-17-6-4-5-16(2)22-17;1-14-4-5-18-16(12-14)17-13-21(3)9-6-19(17)22(18)10-7-20-15(2)8-11-23-20/h5-9,14-15H,10-13,16H2,1-4H3;3-8,13,15H,9-12,14H2,1-2H3;4-7,12-13H,8-11,14H2,1-3H3;4-8,13H,9-12,14H2,1-3H3;4-5,8,11-12H,6-7,9-10,13H2,1-3H3. The monoisotopic (exact) mass is 1670 g/mol. The molecule has 0 N–H and O–H groups in total. The van der Waals surface area contributed by atoms with Crippen molar-refractivity contribution in [2.45, 2.75) is 185 Å². The van der Waals surface area contributed by atoms with Crippen molar-refractivity contribution in [2.75, 3.05) is 87.0 Å². The predicted octanol–water partition coefficient (Wildman–Crippen LogP) is 22.0. The van der Waals surface area contributed by atoms with Crippen LogP contribution in [0.2, 0.25) is 0 Å². The lowest BCUT2D eigenvalue weighted by Crippen LogP contribution is -2.27. The van der Waals surface area contributed by atoms with Gasteiger partial charge in [-0.15, -0.1) is 22.7 Å². The average Bonchev–Trinajstić information content (AvgIpc) is 1.62. The highest BCUT2D eigenvalue weighted by atomic mass is 32.1. The van der Waals surface area contributed by atoms with Gasteiger partial charge in [0.25, 0.3) is 0 Å². The van der Waals surface area contributed by atoms with Crippen LogP contribution in [0.4, 0.5) is 5.69 Å². The minimum absolute atomic E-state index is 0.986. The van der Waals surface area contributed by atoms with E-state index in [4.69, 9.17) is 0 Å². The van der Waals surface area contributed by atoms with Gasteiger partial charge in [0.15, 0.2) is 0 Å². The number of pyridine rings is 2. The van der Waals surface area contributed by atoms with Crippen molar-refractivity contribution < 1.29 is 0 Å². The Balaban J connectivity index is 0.000000109. The number of hydrogen-bond donors (Lipinski definition) is 0. The molecule has 0 spiro atoms. The first-order valence-corrected chi connectivity index (χ1v) is 46.9. The van der Waals surface area contributed by atoms with Crippen molar-refractivity contribution in [3.8, 4) is 0 Å². The maximum Gasteiger partial charge on any atom is 0.0486 e. The number of rotatable bonds is 16. The Hall–Kier alpha value is -10.2. The second kappa shape index (κ2) is 37.3. The fourth-order valence-corrected chi connectivity index (χ4v) is 22.1. The van der Waals surface area contributed by atoms with Crippen LogP contribution in [-0.4, -0.2) is 139 Å². The Kier molecular flexibility index (Phi) is 25.8. The zero-order chi connectivity index (χ0) is 85.3. The molecule has 0 saturated heterocycles. The summed E-state index contributed by atoms with van der Waals surface area (Å²) in [4.78, 5) is 25.1. The molecule has 0 bridgehead atoms. The van der Waals surface area contributed by atoms with Gasteiger partial charge in [-0.2, -0.15) is 0 Å². The quantitative estimate of drug-likeness (QED) is 0.0948. The normalized spacial score (nSPS) is 15.0. The van der Waals surface area contributed by atoms with Gasteiger partial charge < -0.3 is 52.2 Å². The number of fused-ring (bicyclic) bond motifs is 16. The van der Waals surface area contributed by atoms with E-state index in [1.807, 2.05) is 28.9 Å². The summed E-state index contributed by atoms with van der Waals surface area (Å²) in [7, 11) is 15.4. The molecule has 5 aliphatic heterocycles. The molecule has 123 heavy (non-hydrogen) atoms. The molecule has 5 aliphatic rings. The van der Waals surface area contributed by atoms with E-state index in [0.29, 0.717) is 0 Å². The van der Waals surface area contributed by atoms with Crippen LogP contribution in [0, 0.1) is 55.4 Å². The molecule has 0 saturated carbocycles. The minimum Gasteiger partial charge on any atom is -0.378 e. The summed E-state index contributed by atoms with van der Waals surface area (Å²) in [6.45, 7) is 33.7. The molecule has 9 aromatic heterocycles. The molecule has 16 aromatic rings. The number of benzene rings is 7. The molecule has 636 valence electrons. The second-order valence-electron chi connectivity index (χ2n) is 36.6. The smallest absolute Gasteiger partial charge is 0.0486 e. The van der Waals surface area contributed by atoms with E-state index >= 15 is 0 Å². The lowest BCUT2D eigenvalue weighted by molar-refractivity contribution is 0.309. The summed E-state index contributed by atoms with van der Waals surface area (Å²) in [6.07, 6.45) is 13.0. The SMILES string of the molecule is Cc1ccc(CCn2c3c(c4cc(C)ccc42)CN(C)CC3)nc1.Cc1ccc2c(c1)c1c(n2CCc2cccc(C)n2)CCN(C)C1.Cc1ccc2c(c1)c1c(n2CCc2cccc(N(C)C)c2)CCN(C)C1.Cc1ccc2c(c1)c1c(n2CCc2csc3ccccc23)CCN(C)C1.Cc1ccc2c(c1)c1c(n2CCc2sccc2C)CCN(C)C1. The van der Waals surface area contributed by atoms with Crippen molar-refractivity contribution in [3.05, 3.63) is 321 Å². The van der Waals surface area contributed by atoms with Crippen LogP contribution >= 0.6 is 22.7 Å². The second-order valence-corrected chi connectivity index (χ2v) is 38.5. The molecular weight excluding hydrogens is 1540 g/mol. The first-order chi connectivity index (χ1) is 59.6. The first-order valence-electron chi connectivity index (χ1n) is 45.1. The number of nitrogens with zero attached hydrogens (tertiary/aromatic N) is 13. The molecule has 0 fully saturated rings. The van der Waals surface area contributed by atoms with E-state index in [1.165, 1.54) is 172 Å².